The van der Waals surface area contributed by atoms with Gasteiger partial charge in [0.05, 0.1) is 6.04 Å². The van der Waals surface area contributed by atoms with Crippen LogP contribution in [0.15, 0.2) is 18.2 Å². The normalized spacial score (nSPS) is 27.6. The molecule has 3 amide bonds. The Balaban J connectivity index is 1.40. The number of benzene rings is 1. The van der Waals surface area contributed by atoms with Gasteiger partial charge in [0.1, 0.15) is 13.2 Å². The van der Waals surface area contributed by atoms with Gasteiger partial charge in [0, 0.05) is 37.8 Å². The zero-order chi connectivity index (χ0) is 19.0. The van der Waals surface area contributed by atoms with Gasteiger partial charge in [-0.3, -0.25) is 4.79 Å². The fraction of sp³-hybridized carbons (Fsp3) is 0.600. The number of carbonyl (C=O) groups excluding carboxylic acids is 2. The van der Waals surface area contributed by atoms with Gasteiger partial charge in [-0.25, -0.2) is 4.79 Å². The predicted octanol–water partition coefficient (Wildman–Crippen LogP) is 2.25. The van der Waals surface area contributed by atoms with Crippen LogP contribution < -0.4 is 19.7 Å². The molecule has 2 saturated heterocycles. The Morgan fingerprint density at radius 2 is 1.78 bits per heavy atom. The Kier molecular flexibility index (Phi) is 4.85. The molecule has 1 aromatic carbocycles. The maximum atomic E-state index is 12.6. The van der Waals surface area contributed by atoms with Crippen LogP contribution in [-0.4, -0.2) is 55.7 Å². The zero-order valence-electron chi connectivity index (χ0n) is 15.9. The van der Waals surface area contributed by atoms with Crippen molar-refractivity contribution < 1.29 is 19.1 Å². The Labute approximate surface area is 159 Å². The third-order valence-electron chi connectivity index (χ3n) is 5.45. The molecule has 7 nitrogen and oxygen atoms in total. The summed E-state index contributed by atoms with van der Waals surface area (Å²) in [6, 6.07) is 5.30. The number of amides is 3. The average molecular weight is 373 g/mol. The van der Waals surface area contributed by atoms with Crippen LogP contribution in [0.3, 0.4) is 0 Å². The second-order valence-electron chi connectivity index (χ2n) is 8.03. The van der Waals surface area contributed by atoms with Gasteiger partial charge in [0.2, 0.25) is 5.91 Å². The Morgan fingerprint density at radius 3 is 2.52 bits per heavy atom. The molecular formula is C20H27N3O4. The molecular weight excluding hydrogens is 346 g/mol. The lowest BCUT2D eigenvalue weighted by Gasteiger charge is -2.35. The topological polar surface area (TPSA) is 71.1 Å². The number of ether oxygens (including phenoxy) is 2. The Hall–Kier alpha value is -2.44. The quantitative estimate of drug-likeness (QED) is 0.863. The largest absolute Gasteiger partial charge is 0.486 e. The minimum Gasteiger partial charge on any atom is -0.486 e. The standard InChI is InChI=1S/C20H27N3O4/c1-13-7-14(2)11-22(10-13)20(25)21-15-8-19(24)23(12-15)16-3-4-17-18(9-16)27-6-5-26-17/h3-4,9,13-15H,5-8,10-12H2,1-2H3,(H,21,25). The van der Waals surface area contributed by atoms with Gasteiger partial charge >= 0.3 is 6.03 Å². The summed E-state index contributed by atoms with van der Waals surface area (Å²) in [5.74, 6) is 2.40. The molecule has 0 aliphatic carbocycles. The van der Waals surface area contributed by atoms with Crippen LogP contribution in [-0.2, 0) is 4.79 Å². The molecule has 3 heterocycles. The number of fused-ring (bicyclic) bond motifs is 1. The van der Waals surface area contributed by atoms with E-state index in [0.717, 1.165) is 25.2 Å². The number of rotatable bonds is 2. The minimum atomic E-state index is -0.175. The van der Waals surface area contributed by atoms with Gasteiger partial charge in [-0.15, -0.1) is 0 Å². The van der Waals surface area contributed by atoms with E-state index in [9.17, 15) is 9.59 Å². The van der Waals surface area contributed by atoms with Crippen molar-refractivity contribution in [2.45, 2.75) is 32.7 Å². The fourth-order valence-corrected chi connectivity index (χ4v) is 4.35. The van der Waals surface area contributed by atoms with Crippen molar-refractivity contribution in [3.8, 4) is 11.5 Å². The number of anilines is 1. The number of likely N-dealkylation sites (tertiary alicyclic amines) is 1. The van der Waals surface area contributed by atoms with Crippen molar-refractivity contribution in [1.82, 2.24) is 10.2 Å². The van der Waals surface area contributed by atoms with E-state index in [2.05, 4.69) is 19.2 Å². The third-order valence-corrected chi connectivity index (χ3v) is 5.45. The molecule has 1 aromatic rings. The third kappa shape index (κ3) is 3.82. The van der Waals surface area contributed by atoms with E-state index in [-0.39, 0.29) is 18.0 Å². The van der Waals surface area contributed by atoms with Gasteiger partial charge in [0.15, 0.2) is 11.5 Å². The highest BCUT2D eigenvalue weighted by atomic mass is 16.6. The summed E-state index contributed by atoms with van der Waals surface area (Å²) in [6.07, 6.45) is 1.47. The van der Waals surface area contributed by atoms with E-state index in [4.69, 9.17) is 9.47 Å². The van der Waals surface area contributed by atoms with Crippen molar-refractivity contribution >= 4 is 17.6 Å². The van der Waals surface area contributed by atoms with Crippen LogP contribution in [0.4, 0.5) is 10.5 Å². The first-order valence-corrected chi connectivity index (χ1v) is 9.75. The summed E-state index contributed by atoms with van der Waals surface area (Å²) in [7, 11) is 0. The first-order chi connectivity index (χ1) is 13.0. The molecule has 3 atom stereocenters. The highest BCUT2D eigenvalue weighted by Gasteiger charge is 2.34. The highest BCUT2D eigenvalue weighted by Crippen LogP contribution is 2.35. The lowest BCUT2D eigenvalue weighted by atomic mass is 9.92. The second-order valence-corrected chi connectivity index (χ2v) is 8.03. The molecule has 0 bridgehead atoms. The molecule has 3 aliphatic rings. The maximum absolute atomic E-state index is 12.6. The van der Waals surface area contributed by atoms with Crippen LogP contribution in [0.5, 0.6) is 11.5 Å². The van der Waals surface area contributed by atoms with Gasteiger partial charge in [0.25, 0.3) is 0 Å². The first-order valence-electron chi connectivity index (χ1n) is 9.75. The first kappa shape index (κ1) is 17.9. The van der Waals surface area contributed by atoms with Crippen molar-refractivity contribution in [2.24, 2.45) is 11.8 Å². The Morgan fingerprint density at radius 1 is 1.07 bits per heavy atom. The van der Waals surface area contributed by atoms with Gasteiger partial charge in [-0.2, -0.15) is 0 Å². The van der Waals surface area contributed by atoms with Gasteiger partial charge < -0.3 is 24.6 Å². The Bertz CT molecular complexity index is 728. The highest BCUT2D eigenvalue weighted by molar-refractivity contribution is 5.97. The summed E-state index contributed by atoms with van der Waals surface area (Å²) in [4.78, 5) is 28.7. The van der Waals surface area contributed by atoms with Crippen molar-refractivity contribution in [2.75, 3.05) is 37.7 Å². The average Bonchev–Trinajstić information content (AvgIpc) is 3.00. The van der Waals surface area contributed by atoms with E-state index in [1.54, 1.807) is 4.90 Å². The summed E-state index contributed by atoms with van der Waals surface area (Å²) in [6.45, 7) is 7.44. The molecule has 0 aromatic heterocycles. The molecule has 4 rings (SSSR count). The van der Waals surface area contributed by atoms with Crippen LogP contribution in [0.25, 0.3) is 0 Å². The number of nitrogens with one attached hydrogen (secondary N) is 1. The lowest BCUT2D eigenvalue weighted by molar-refractivity contribution is -0.117. The minimum absolute atomic E-state index is 0.0114. The van der Waals surface area contributed by atoms with Crippen LogP contribution in [0.2, 0.25) is 0 Å². The van der Waals surface area contributed by atoms with Crippen molar-refractivity contribution in [3.05, 3.63) is 18.2 Å². The summed E-state index contributed by atoms with van der Waals surface area (Å²) in [5, 5.41) is 3.05. The predicted molar refractivity (Wildman–Crippen MR) is 101 cm³/mol. The van der Waals surface area contributed by atoms with Crippen molar-refractivity contribution in [1.29, 1.82) is 0 Å². The summed E-state index contributed by atoms with van der Waals surface area (Å²) in [5.41, 5.74) is 0.779. The van der Waals surface area contributed by atoms with Crippen LogP contribution in [0.1, 0.15) is 26.7 Å². The van der Waals surface area contributed by atoms with E-state index in [1.807, 2.05) is 23.1 Å². The number of nitrogens with zero attached hydrogens (tertiary/aromatic N) is 2. The zero-order valence-corrected chi connectivity index (χ0v) is 15.9. The monoisotopic (exact) mass is 373 g/mol. The number of hydrogen-bond acceptors (Lipinski definition) is 4. The number of hydrogen-bond donors (Lipinski definition) is 1. The molecule has 3 unspecified atom stereocenters. The van der Waals surface area contributed by atoms with E-state index < -0.39 is 0 Å². The molecule has 0 saturated carbocycles. The molecule has 1 N–H and O–H groups in total. The molecule has 27 heavy (non-hydrogen) atoms. The smallest absolute Gasteiger partial charge is 0.317 e. The van der Waals surface area contributed by atoms with E-state index in [0.29, 0.717) is 49.5 Å². The molecule has 146 valence electrons. The van der Waals surface area contributed by atoms with Gasteiger partial charge in [-0.05, 0) is 30.4 Å². The van der Waals surface area contributed by atoms with E-state index in [1.165, 1.54) is 0 Å². The van der Waals surface area contributed by atoms with Crippen molar-refractivity contribution in [3.63, 3.8) is 0 Å². The number of urea groups is 1. The molecule has 3 aliphatic heterocycles. The number of carbonyl (C=O) groups is 2. The van der Waals surface area contributed by atoms with Crippen LogP contribution >= 0.6 is 0 Å². The second kappa shape index (κ2) is 7.29. The molecule has 2 fully saturated rings. The summed E-state index contributed by atoms with van der Waals surface area (Å²) >= 11 is 0. The van der Waals surface area contributed by atoms with E-state index >= 15 is 0 Å². The SMILES string of the molecule is CC1CC(C)CN(C(=O)NC2CC(=O)N(c3ccc4c(c3)OCCO4)C2)C1. The molecule has 0 radical (unpaired) electrons. The fourth-order valence-electron chi connectivity index (χ4n) is 4.35. The molecule has 0 spiro atoms. The number of piperidine rings is 1. The summed E-state index contributed by atoms with van der Waals surface area (Å²) < 4.78 is 11.1. The lowest BCUT2D eigenvalue weighted by Crippen LogP contribution is -2.50. The maximum Gasteiger partial charge on any atom is 0.317 e. The van der Waals surface area contributed by atoms with Crippen LogP contribution in [0, 0.1) is 11.8 Å². The van der Waals surface area contributed by atoms with Gasteiger partial charge in [-0.1, -0.05) is 13.8 Å². The molecule has 7 heteroatoms.